The van der Waals surface area contributed by atoms with Crippen LogP contribution in [0, 0.1) is 11.3 Å². The van der Waals surface area contributed by atoms with E-state index in [1.165, 1.54) is 0 Å². The number of hydrogen-bond donors (Lipinski definition) is 2. The Balaban J connectivity index is 1.22. The molecule has 9 nitrogen and oxygen atoms in total. The maximum atomic E-state index is 10.1. The first kappa shape index (κ1) is 31.0. The molecule has 0 aliphatic carbocycles. The molecule has 3 aromatic carbocycles. The molecular weight excluding hydrogens is 608 g/mol. The van der Waals surface area contributed by atoms with E-state index in [2.05, 4.69) is 82.1 Å². The van der Waals surface area contributed by atoms with E-state index in [0.717, 1.165) is 66.0 Å². The van der Waals surface area contributed by atoms with Crippen LogP contribution >= 0.6 is 11.6 Å². The fourth-order valence-corrected chi connectivity index (χ4v) is 7.06. The van der Waals surface area contributed by atoms with Crippen molar-refractivity contribution in [3.63, 3.8) is 0 Å². The Morgan fingerprint density at radius 1 is 1.02 bits per heavy atom. The van der Waals surface area contributed by atoms with Crippen LogP contribution in [0.1, 0.15) is 80.5 Å². The van der Waals surface area contributed by atoms with Crippen molar-refractivity contribution in [3.8, 4) is 11.8 Å². The number of rotatable bonds is 7. The Kier molecular flexibility index (Phi) is 8.48. The van der Waals surface area contributed by atoms with Crippen LogP contribution in [-0.2, 0) is 0 Å². The number of ether oxygens (including phenoxy) is 1. The Hall–Kier alpha value is -4.65. The number of anilines is 2. The molecule has 2 aliphatic heterocycles. The molecule has 0 saturated carbocycles. The molecule has 2 aromatic heterocycles. The molecule has 0 spiro atoms. The molecule has 240 valence electrons. The number of halogens is 1. The molecule has 5 aromatic rings. The second-order valence-electron chi connectivity index (χ2n) is 13.4. The van der Waals surface area contributed by atoms with Crippen molar-refractivity contribution in [1.29, 1.82) is 5.26 Å². The fraction of sp³-hybridized carbons (Fsp3) is 0.351. The van der Waals surface area contributed by atoms with Crippen LogP contribution in [0.25, 0.3) is 10.9 Å². The first-order chi connectivity index (χ1) is 22.8. The van der Waals surface area contributed by atoms with E-state index in [-0.39, 0.29) is 17.6 Å². The Bertz CT molecular complexity index is 1920. The maximum absolute atomic E-state index is 10.1. The number of para-hydroxylation sites is 1. The highest BCUT2D eigenvalue weighted by molar-refractivity contribution is 6.35. The summed E-state index contributed by atoms with van der Waals surface area (Å²) in [6.45, 7) is 9.48. The quantitative estimate of drug-likeness (QED) is 0.184. The number of nitriles is 1. The lowest BCUT2D eigenvalue weighted by molar-refractivity contribution is 0.0866. The van der Waals surface area contributed by atoms with E-state index in [9.17, 15) is 5.26 Å². The summed E-state index contributed by atoms with van der Waals surface area (Å²) in [7, 11) is 0. The topological polar surface area (TPSA) is 104 Å². The number of fused-ring (bicyclic) bond motifs is 2. The van der Waals surface area contributed by atoms with Gasteiger partial charge in [0, 0.05) is 47.9 Å². The monoisotopic (exact) mass is 646 g/mol. The largest absolute Gasteiger partial charge is 0.493 e. The Labute approximate surface area is 280 Å². The number of nitrogens with zero attached hydrogens (tertiary/aromatic N) is 6. The zero-order chi connectivity index (χ0) is 32.5. The molecule has 2 N–H and O–H groups in total. The molecule has 4 heterocycles. The average Bonchev–Trinajstić information content (AvgIpc) is 3.58. The van der Waals surface area contributed by atoms with E-state index >= 15 is 0 Å². The number of benzene rings is 3. The van der Waals surface area contributed by atoms with Crippen LogP contribution in [0.15, 0.2) is 79.1 Å². The normalized spacial score (nSPS) is 17.8. The van der Waals surface area contributed by atoms with Crippen molar-refractivity contribution >= 4 is 33.9 Å². The van der Waals surface area contributed by atoms with E-state index in [1.54, 1.807) is 6.20 Å². The van der Waals surface area contributed by atoms with E-state index < -0.39 is 0 Å². The standard InChI is InChI=1S/C37H39ClN8O/c1-37(2,3)45-16-13-27(14-17-45)46-23-32(43-44-46)35(24-9-5-4-6-10-24)41-26-19-29-34(25(21-39)22-40-36(29)30(38)20-26)42-31-15-18-47-33-12-8-7-11-28(31)33/h4-12,19-20,22-23,27,31,35,41H,13-18H2,1-3H3,(H,40,42)/t31-,35?/m0/s1. The molecule has 0 bridgehead atoms. The zero-order valence-corrected chi connectivity index (χ0v) is 27.7. The summed E-state index contributed by atoms with van der Waals surface area (Å²) >= 11 is 6.91. The number of nitrogens with one attached hydrogen (secondary N) is 2. The van der Waals surface area contributed by atoms with Crippen LogP contribution in [0.2, 0.25) is 5.02 Å². The van der Waals surface area contributed by atoms with Gasteiger partial charge in [0.25, 0.3) is 0 Å². The van der Waals surface area contributed by atoms with Gasteiger partial charge in [0.2, 0.25) is 0 Å². The van der Waals surface area contributed by atoms with E-state index in [0.29, 0.717) is 34.4 Å². The summed E-state index contributed by atoms with van der Waals surface area (Å²) < 4.78 is 7.94. The highest BCUT2D eigenvalue weighted by Crippen LogP contribution is 2.40. The van der Waals surface area contributed by atoms with Gasteiger partial charge in [-0.2, -0.15) is 5.26 Å². The molecule has 2 atom stereocenters. The Morgan fingerprint density at radius 2 is 1.79 bits per heavy atom. The van der Waals surface area contributed by atoms with Gasteiger partial charge in [-0.15, -0.1) is 5.10 Å². The minimum Gasteiger partial charge on any atom is -0.493 e. The fourth-order valence-electron chi connectivity index (χ4n) is 6.79. The molecule has 0 radical (unpaired) electrons. The summed E-state index contributed by atoms with van der Waals surface area (Å²) in [6, 6.07) is 24.5. The first-order valence-corrected chi connectivity index (χ1v) is 16.6. The van der Waals surface area contributed by atoms with Gasteiger partial charge in [0.1, 0.15) is 17.5 Å². The van der Waals surface area contributed by atoms with Gasteiger partial charge in [-0.1, -0.05) is 65.3 Å². The first-order valence-electron chi connectivity index (χ1n) is 16.3. The maximum Gasteiger partial charge on any atom is 0.124 e. The summed E-state index contributed by atoms with van der Waals surface area (Å²) in [4.78, 5) is 7.12. The van der Waals surface area contributed by atoms with Gasteiger partial charge in [0.15, 0.2) is 0 Å². The third kappa shape index (κ3) is 6.36. The van der Waals surface area contributed by atoms with E-state index in [4.69, 9.17) is 16.3 Å². The molecule has 7 rings (SSSR count). The second kappa shape index (κ2) is 12.9. The van der Waals surface area contributed by atoms with Gasteiger partial charge in [-0.25, -0.2) is 4.68 Å². The van der Waals surface area contributed by atoms with Crippen molar-refractivity contribution in [2.75, 3.05) is 30.3 Å². The minimum atomic E-state index is -0.279. The Morgan fingerprint density at radius 3 is 2.55 bits per heavy atom. The van der Waals surface area contributed by atoms with Crippen LogP contribution in [0.4, 0.5) is 11.4 Å². The van der Waals surface area contributed by atoms with Gasteiger partial charge in [0.05, 0.1) is 52.7 Å². The van der Waals surface area contributed by atoms with Crippen molar-refractivity contribution in [3.05, 3.63) is 107 Å². The molecular formula is C37H39ClN8O. The third-order valence-electron chi connectivity index (χ3n) is 9.38. The molecule has 47 heavy (non-hydrogen) atoms. The average molecular weight is 647 g/mol. The van der Waals surface area contributed by atoms with Crippen molar-refractivity contribution in [2.24, 2.45) is 0 Å². The molecule has 1 fully saturated rings. The smallest absolute Gasteiger partial charge is 0.124 e. The predicted molar refractivity (Wildman–Crippen MR) is 186 cm³/mol. The van der Waals surface area contributed by atoms with Crippen molar-refractivity contribution < 1.29 is 4.74 Å². The number of pyridine rings is 1. The second-order valence-corrected chi connectivity index (χ2v) is 13.8. The molecule has 1 unspecified atom stereocenters. The number of aromatic nitrogens is 4. The summed E-state index contributed by atoms with van der Waals surface area (Å²) in [5.74, 6) is 0.854. The highest BCUT2D eigenvalue weighted by Gasteiger charge is 2.29. The number of hydrogen-bond acceptors (Lipinski definition) is 8. The van der Waals surface area contributed by atoms with Crippen LogP contribution in [0.5, 0.6) is 5.75 Å². The van der Waals surface area contributed by atoms with Crippen molar-refractivity contribution in [2.45, 2.75) is 63.7 Å². The molecule has 10 heteroatoms. The van der Waals surface area contributed by atoms with Crippen LogP contribution < -0.4 is 15.4 Å². The van der Waals surface area contributed by atoms with Crippen molar-refractivity contribution in [1.82, 2.24) is 24.9 Å². The minimum absolute atomic E-state index is 0.0320. The van der Waals surface area contributed by atoms with E-state index in [1.807, 2.05) is 53.2 Å². The number of piperidine rings is 1. The molecule has 0 amide bonds. The SMILES string of the molecule is CC(C)(C)N1CCC(n2cc(C(Nc3cc(Cl)c4ncc(C#N)c(N[C@H]5CCOc6ccccc65)c4c3)c3ccccc3)nn2)CC1. The third-order valence-corrected chi connectivity index (χ3v) is 9.67. The van der Waals surface area contributed by atoms with Crippen LogP contribution in [-0.4, -0.2) is 50.1 Å². The lowest BCUT2D eigenvalue weighted by Gasteiger charge is -2.40. The van der Waals surface area contributed by atoms with Gasteiger partial charge in [-0.3, -0.25) is 9.88 Å². The van der Waals surface area contributed by atoms with Gasteiger partial charge in [-0.05, 0) is 57.4 Å². The summed E-state index contributed by atoms with van der Waals surface area (Å²) in [5.41, 5.74) is 5.68. The van der Waals surface area contributed by atoms with Gasteiger partial charge < -0.3 is 15.4 Å². The molecule has 1 saturated heterocycles. The van der Waals surface area contributed by atoms with Gasteiger partial charge >= 0.3 is 0 Å². The highest BCUT2D eigenvalue weighted by atomic mass is 35.5. The summed E-state index contributed by atoms with van der Waals surface area (Å²) in [6.07, 6.45) is 6.50. The number of likely N-dealkylation sites (tertiary alicyclic amines) is 1. The lowest BCUT2D eigenvalue weighted by Crippen LogP contribution is -2.46. The zero-order valence-electron chi connectivity index (χ0n) is 26.9. The predicted octanol–water partition coefficient (Wildman–Crippen LogP) is 7.92. The van der Waals surface area contributed by atoms with Crippen LogP contribution in [0.3, 0.4) is 0 Å². The summed E-state index contributed by atoms with van der Waals surface area (Å²) in [5, 5.41) is 28.1. The molecule has 2 aliphatic rings. The lowest BCUT2D eigenvalue weighted by atomic mass is 9.98.